The van der Waals surface area contributed by atoms with Crippen molar-refractivity contribution in [1.82, 2.24) is 9.97 Å². The van der Waals surface area contributed by atoms with Gasteiger partial charge >= 0.3 is 0 Å². The Hall–Kier alpha value is -1.09. The molecule has 2 heterocycles. The Labute approximate surface area is 137 Å². The van der Waals surface area contributed by atoms with Gasteiger partial charge in [0.05, 0.1) is 12.9 Å². The summed E-state index contributed by atoms with van der Waals surface area (Å²) in [5.41, 5.74) is 2.13. The average Bonchev–Trinajstić information content (AvgIpc) is 2.88. The van der Waals surface area contributed by atoms with E-state index in [0.717, 1.165) is 28.8 Å². The van der Waals surface area contributed by atoms with E-state index in [2.05, 4.69) is 37.3 Å². The zero-order valence-electron chi connectivity index (χ0n) is 10.4. The lowest BCUT2D eigenvalue weighted by Crippen LogP contribution is -2.14. The number of H-pyrrole nitrogens is 1. The number of nitrogens with zero attached hydrogens (tertiary/aromatic N) is 1. The number of aromatic nitrogens is 2. The highest BCUT2D eigenvalue weighted by Crippen LogP contribution is 2.33. The minimum Gasteiger partial charge on any atom is -0.493 e. The summed E-state index contributed by atoms with van der Waals surface area (Å²) in [5, 5.41) is 3.19. The molecule has 2 aromatic rings. The number of anilines is 1. The van der Waals surface area contributed by atoms with Crippen LogP contribution in [0.3, 0.4) is 0 Å². The molecule has 1 aliphatic rings. The summed E-state index contributed by atoms with van der Waals surface area (Å²) in [6.07, 6.45) is 2.33. The van der Waals surface area contributed by atoms with Crippen LogP contribution in [0, 0.1) is 3.57 Å². The Morgan fingerprint density at radius 2 is 2.35 bits per heavy atom. The molecule has 2 N–H and O–H groups in total. The highest BCUT2D eigenvalue weighted by atomic mass is 127. The van der Waals surface area contributed by atoms with Gasteiger partial charge in [0.1, 0.15) is 15.1 Å². The molecule has 0 amide bonds. The van der Waals surface area contributed by atoms with Gasteiger partial charge in [0.2, 0.25) is 0 Å². The van der Waals surface area contributed by atoms with Crippen molar-refractivity contribution < 1.29 is 4.74 Å². The normalized spacial score (nSPS) is 12.9. The fourth-order valence-corrected chi connectivity index (χ4v) is 3.20. The highest BCUT2D eigenvalue weighted by Gasteiger charge is 2.17. The van der Waals surface area contributed by atoms with Crippen molar-refractivity contribution >= 4 is 44.3 Å². The molecule has 0 fully saturated rings. The molecule has 1 aromatic carbocycles. The summed E-state index contributed by atoms with van der Waals surface area (Å²) >= 11 is 5.49. The number of rotatable bonds is 3. The molecule has 0 aliphatic carbocycles. The molecule has 1 aliphatic heterocycles. The first kappa shape index (κ1) is 13.9. The third-order valence-corrected chi connectivity index (χ3v) is 4.53. The number of hydrogen-bond donors (Lipinski definition) is 2. The molecule has 0 spiro atoms. The van der Waals surface area contributed by atoms with Gasteiger partial charge in [-0.3, -0.25) is 4.79 Å². The van der Waals surface area contributed by atoms with E-state index >= 15 is 0 Å². The molecule has 0 radical (unpaired) electrons. The van der Waals surface area contributed by atoms with Gasteiger partial charge in [-0.15, -0.1) is 0 Å². The minimum absolute atomic E-state index is 0.140. The average molecular weight is 448 g/mol. The standard InChI is InChI=1S/C13H11BrIN3O2/c14-9-3-7-1-2-20-11(7)8(4-9)5-16-12-10(15)13(19)18-6-17-12/h3-4,6H,1-2,5H2,(H2,16,17,18,19). The Kier molecular flexibility index (Phi) is 3.97. The molecule has 0 saturated carbocycles. The lowest BCUT2D eigenvalue weighted by molar-refractivity contribution is 0.354. The summed E-state index contributed by atoms with van der Waals surface area (Å²) < 4.78 is 7.26. The van der Waals surface area contributed by atoms with Gasteiger partial charge in [0.15, 0.2) is 0 Å². The van der Waals surface area contributed by atoms with E-state index in [-0.39, 0.29) is 5.56 Å². The molecule has 20 heavy (non-hydrogen) atoms. The summed E-state index contributed by atoms with van der Waals surface area (Å²) in [6.45, 7) is 1.29. The summed E-state index contributed by atoms with van der Waals surface area (Å²) in [5.74, 6) is 1.53. The molecule has 3 rings (SSSR count). The minimum atomic E-state index is -0.140. The molecule has 1 aromatic heterocycles. The summed E-state index contributed by atoms with van der Waals surface area (Å²) in [4.78, 5) is 18.2. The molecule has 0 bridgehead atoms. The summed E-state index contributed by atoms with van der Waals surface area (Å²) in [7, 11) is 0. The van der Waals surface area contributed by atoms with E-state index in [1.807, 2.05) is 28.7 Å². The third kappa shape index (κ3) is 2.69. The highest BCUT2D eigenvalue weighted by molar-refractivity contribution is 14.1. The van der Waals surface area contributed by atoms with Crippen LogP contribution in [-0.2, 0) is 13.0 Å². The van der Waals surface area contributed by atoms with Gasteiger partial charge in [-0.1, -0.05) is 15.9 Å². The predicted molar refractivity (Wildman–Crippen MR) is 88.2 cm³/mol. The lowest BCUT2D eigenvalue weighted by Gasteiger charge is -2.11. The monoisotopic (exact) mass is 447 g/mol. The van der Waals surface area contributed by atoms with Gasteiger partial charge in [-0.2, -0.15) is 0 Å². The molecule has 104 valence electrons. The SMILES string of the molecule is O=c1[nH]cnc(NCc2cc(Br)cc3c2OCC3)c1I. The maximum atomic E-state index is 11.5. The van der Waals surface area contributed by atoms with E-state index in [1.54, 1.807) is 0 Å². The van der Waals surface area contributed by atoms with Gasteiger partial charge < -0.3 is 15.0 Å². The van der Waals surface area contributed by atoms with Crippen LogP contribution >= 0.6 is 38.5 Å². The molecule has 0 unspecified atom stereocenters. The van der Waals surface area contributed by atoms with Gasteiger partial charge in [0.25, 0.3) is 5.56 Å². The first-order valence-electron chi connectivity index (χ1n) is 6.06. The Morgan fingerprint density at radius 1 is 1.50 bits per heavy atom. The Balaban J connectivity index is 1.86. The third-order valence-electron chi connectivity index (χ3n) is 3.07. The Bertz CT molecular complexity index is 717. The quantitative estimate of drug-likeness (QED) is 0.710. The number of nitrogens with one attached hydrogen (secondary N) is 2. The number of halogens is 2. The second-order valence-corrected chi connectivity index (χ2v) is 6.39. The van der Waals surface area contributed by atoms with Crippen LogP contribution in [0.1, 0.15) is 11.1 Å². The van der Waals surface area contributed by atoms with Crippen LogP contribution in [0.5, 0.6) is 5.75 Å². The molecule has 0 atom stereocenters. The zero-order valence-corrected chi connectivity index (χ0v) is 14.1. The number of hydrogen-bond acceptors (Lipinski definition) is 4. The van der Waals surface area contributed by atoms with E-state index in [9.17, 15) is 4.79 Å². The zero-order chi connectivity index (χ0) is 14.1. The fraction of sp³-hybridized carbons (Fsp3) is 0.231. The second kappa shape index (κ2) is 5.72. The molecule has 0 saturated heterocycles. The van der Waals surface area contributed by atoms with Crippen molar-refractivity contribution in [2.45, 2.75) is 13.0 Å². The largest absolute Gasteiger partial charge is 0.493 e. The van der Waals surface area contributed by atoms with Crippen LogP contribution in [0.15, 0.2) is 27.7 Å². The fourth-order valence-electron chi connectivity index (χ4n) is 2.16. The van der Waals surface area contributed by atoms with Crippen molar-refractivity contribution in [3.8, 4) is 5.75 Å². The van der Waals surface area contributed by atoms with E-state index in [4.69, 9.17) is 4.74 Å². The lowest BCUT2D eigenvalue weighted by atomic mass is 10.1. The topological polar surface area (TPSA) is 67.0 Å². The van der Waals surface area contributed by atoms with E-state index in [1.165, 1.54) is 11.9 Å². The van der Waals surface area contributed by atoms with Crippen LogP contribution in [0.4, 0.5) is 5.82 Å². The Morgan fingerprint density at radius 3 is 3.20 bits per heavy atom. The van der Waals surface area contributed by atoms with Crippen molar-refractivity contribution in [2.24, 2.45) is 0 Å². The number of aromatic amines is 1. The predicted octanol–water partition coefficient (Wildman–Crippen LogP) is 2.68. The van der Waals surface area contributed by atoms with Crippen molar-refractivity contribution in [3.05, 3.63) is 48.0 Å². The summed E-state index contributed by atoms with van der Waals surface area (Å²) in [6, 6.07) is 4.11. The van der Waals surface area contributed by atoms with Crippen molar-refractivity contribution in [3.63, 3.8) is 0 Å². The van der Waals surface area contributed by atoms with Crippen LogP contribution < -0.4 is 15.6 Å². The molecular weight excluding hydrogens is 437 g/mol. The first-order valence-corrected chi connectivity index (χ1v) is 7.93. The van der Waals surface area contributed by atoms with Gasteiger partial charge in [-0.05, 0) is 40.3 Å². The molecular formula is C13H11BrIN3O2. The maximum absolute atomic E-state index is 11.5. The van der Waals surface area contributed by atoms with Crippen molar-refractivity contribution in [2.75, 3.05) is 11.9 Å². The van der Waals surface area contributed by atoms with E-state index < -0.39 is 0 Å². The van der Waals surface area contributed by atoms with Crippen molar-refractivity contribution in [1.29, 1.82) is 0 Å². The smallest absolute Gasteiger partial charge is 0.266 e. The number of benzene rings is 1. The van der Waals surface area contributed by atoms with Gasteiger partial charge in [-0.25, -0.2) is 4.98 Å². The second-order valence-electron chi connectivity index (χ2n) is 4.40. The van der Waals surface area contributed by atoms with E-state index in [0.29, 0.717) is 15.9 Å². The molecule has 7 heteroatoms. The maximum Gasteiger partial charge on any atom is 0.266 e. The van der Waals surface area contributed by atoms with Crippen LogP contribution in [-0.4, -0.2) is 16.6 Å². The van der Waals surface area contributed by atoms with Gasteiger partial charge in [0, 0.05) is 23.0 Å². The van der Waals surface area contributed by atoms with Crippen LogP contribution in [0.2, 0.25) is 0 Å². The number of fused-ring (bicyclic) bond motifs is 1. The molecule has 5 nitrogen and oxygen atoms in total. The van der Waals surface area contributed by atoms with Crippen LogP contribution in [0.25, 0.3) is 0 Å². The number of ether oxygens (including phenoxy) is 1. The first-order chi connectivity index (χ1) is 9.65.